The average Bonchev–Trinajstić information content (AvgIpc) is 2.68. The van der Waals surface area contributed by atoms with Gasteiger partial charge in [0.2, 0.25) is 0 Å². The van der Waals surface area contributed by atoms with Crippen LogP contribution in [-0.2, 0) is 0 Å². The van der Waals surface area contributed by atoms with Gasteiger partial charge in [0.15, 0.2) is 0 Å². The fourth-order valence-electron chi connectivity index (χ4n) is 2.93. The summed E-state index contributed by atoms with van der Waals surface area (Å²) in [6.07, 6.45) is 4.35. The molecule has 1 aromatic heterocycles. The van der Waals surface area contributed by atoms with Crippen molar-refractivity contribution < 1.29 is 19.5 Å². The fraction of sp³-hybridized carbons (Fsp3) is 0.263. The molecular weight excluding hydrogens is 334 g/mol. The zero-order valence-electron chi connectivity index (χ0n) is 14.1. The third-order valence-electron chi connectivity index (χ3n) is 4.29. The summed E-state index contributed by atoms with van der Waals surface area (Å²) < 4.78 is 0. The van der Waals surface area contributed by atoms with Gasteiger partial charge in [0.25, 0.3) is 11.8 Å². The number of amides is 2. The number of hydrogen-bond donors (Lipinski definition) is 2. The Kier molecular flexibility index (Phi) is 5.26. The highest BCUT2D eigenvalue weighted by molar-refractivity contribution is 6.09. The molecular formula is C19H19N3O4. The number of pyridine rings is 1. The maximum atomic E-state index is 12.8. The minimum atomic E-state index is -1.21. The van der Waals surface area contributed by atoms with E-state index in [-0.39, 0.29) is 17.2 Å². The van der Waals surface area contributed by atoms with Crippen LogP contribution in [-0.4, -0.2) is 45.9 Å². The van der Waals surface area contributed by atoms with E-state index in [1.807, 2.05) is 0 Å². The monoisotopic (exact) mass is 353 g/mol. The Morgan fingerprint density at radius 1 is 1.04 bits per heavy atom. The predicted molar refractivity (Wildman–Crippen MR) is 95.3 cm³/mol. The molecule has 7 nitrogen and oxygen atoms in total. The molecule has 0 spiro atoms. The molecule has 0 bridgehead atoms. The van der Waals surface area contributed by atoms with Gasteiger partial charge in [0.1, 0.15) is 5.69 Å². The van der Waals surface area contributed by atoms with Crippen LogP contribution in [0.25, 0.3) is 0 Å². The van der Waals surface area contributed by atoms with Gasteiger partial charge in [0.05, 0.1) is 11.3 Å². The summed E-state index contributed by atoms with van der Waals surface area (Å²) in [5.74, 6) is -1.81. The molecule has 2 N–H and O–H groups in total. The molecule has 1 saturated heterocycles. The number of likely N-dealkylation sites (tertiary alicyclic amines) is 1. The number of nitrogens with one attached hydrogen (secondary N) is 1. The van der Waals surface area contributed by atoms with Gasteiger partial charge in [-0.05, 0) is 43.5 Å². The first-order valence-electron chi connectivity index (χ1n) is 8.45. The average molecular weight is 353 g/mol. The highest BCUT2D eigenvalue weighted by atomic mass is 16.4. The van der Waals surface area contributed by atoms with E-state index in [9.17, 15) is 14.4 Å². The lowest BCUT2D eigenvalue weighted by atomic mass is 10.1. The predicted octanol–water partition coefficient (Wildman–Crippen LogP) is 2.66. The van der Waals surface area contributed by atoms with E-state index in [0.29, 0.717) is 24.3 Å². The number of carbonyl (C=O) groups is 3. The molecule has 7 heteroatoms. The number of aromatic nitrogens is 1. The van der Waals surface area contributed by atoms with Crippen LogP contribution in [0.5, 0.6) is 0 Å². The third kappa shape index (κ3) is 3.88. The third-order valence-corrected chi connectivity index (χ3v) is 4.29. The van der Waals surface area contributed by atoms with Crippen LogP contribution in [0.3, 0.4) is 0 Å². The van der Waals surface area contributed by atoms with Crippen molar-refractivity contribution in [1.29, 1.82) is 0 Å². The largest absolute Gasteiger partial charge is 0.477 e. The first kappa shape index (κ1) is 17.6. The van der Waals surface area contributed by atoms with Crippen LogP contribution < -0.4 is 5.32 Å². The molecule has 2 heterocycles. The van der Waals surface area contributed by atoms with Crippen LogP contribution in [0, 0.1) is 0 Å². The smallest absolute Gasteiger partial charge is 0.354 e. The summed E-state index contributed by atoms with van der Waals surface area (Å²) >= 11 is 0. The lowest BCUT2D eigenvalue weighted by molar-refractivity contribution is 0.0688. The van der Waals surface area contributed by atoms with E-state index >= 15 is 0 Å². The summed E-state index contributed by atoms with van der Waals surface area (Å²) in [5.41, 5.74) is 0.782. The normalized spacial score (nSPS) is 13.9. The van der Waals surface area contributed by atoms with Gasteiger partial charge < -0.3 is 15.3 Å². The van der Waals surface area contributed by atoms with Crippen molar-refractivity contribution >= 4 is 23.5 Å². The van der Waals surface area contributed by atoms with Crippen molar-refractivity contribution in [3.05, 3.63) is 59.4 Å². The maximum Gasteiger partial charge on any atom is 0.354 e. The topological polar surface area (TPSA) is 99.6 Å². The Hall–Kier alpha value is -3.22. The van der Waals surface area contributed by atoms with Gasteiger partial charge in [0, 0.05) is 24.8 Å². The van der Waals surface area contributed by atoms with Crippen molar-refractivity contribution in [2.24, 2.45) is 0 Å². The number of nitrogens with zero attached hydrogens (tertiary/aromatic N) is 2. The molecule has 1 aliphatic heterocycles. The molecule has 0 atom stereocenters. The molecule has 0 saturated carbocycles. The van der Waals surface area contributed by atoms with Gasteiger partial charge >= 0.3 is 5.97 Å². The first-order valence-corrected chi connectivity index (χ1v) is 8.45. The number of aromatic carboxylic acids is 1. The minimum Gasteiger partial charge on any atom is -0.477 e. The van der Waals surface area contributed by atoms with Crippen LogP contribution in [0.1, 0.15) is 50.5 Å². The molecule has 1 aromatic carbocycles. The van der Waals surface area contributed by atoms with Crippen LogP contribution in [0.4, 0.5) is 5.69 Å². The molecule has 134 valence electrons. The van der Waals surface area contributed by atoms with E-state index in [1.165, 1.54) is 18.3 Å². The lowest BCUT2D eigenvalue weighted by Gasteiger charge is -2.27. The summed E-state index contributed by atoms with van der Waals surface area (Å²) in [4.78, 5) is 41.8. The highest BCUT2D eigenvalue weighted by Crippen LogP contribution is 2.20. The molecule has 0 aliphatic carbocycles. The van der Waals surface area contributed by atoms with Gasteiger partial charge in [-0.3, -0.25) is 9.59 Å². The first-order chi connectivity index (χ1) is 12.6. The molecule has 1 fully saturated rings. The number of piperidine rings is 1. The van der Waals surface area contributed by atoms with E-state index in [4.69, 9.17) is 5.11 Å². The molecule has 2 amide bonds. The van der Waals surface area contributed by atoms with Gasteiger partial charge in [-0.2, -0.15) is 0 Å². The molecule has 0 radical (unpaired) electrons. The summed E-state index contributed by atoms with van der Waals surface area (Å²) in [6.45, 7) is 1.43. The fourth-order valence-corrected chi connectivity index (χ4v) is 2.93. The highest BCUT2D eigenvalue weighted by Gasteiger charge is 2.21. The van der Waals surface area contributed by atoms with Crippen LogP contribution in [0.15, 0.2) is 42.6 Å². The Bertz CT molecular complexity index is 844. The molecule has 26 heavy (non-hydrogen) atoms. The number of carbonyl (C=O) groups excluding carboxylic acids is 2. The van der Waals surface area contributed by atoms with Gasteiger partial charge in [-0.1, -0.05) is 12.1 Å². The van der Waals surface area contributed by atoms with Gasteiger partial charge in [-0.15, -0.1) is 0 Å². The quantitative estimate of drug-likeness (QED) is 0.880. The molecule has 2 aromatic rings. The number of anilines is 1. The Balaban J connectivity index is 1.82. The van der Waals surface area contributed by atoms with Crippen molar-refractivity contribution in [3.63, 3.8) is 0 Å². The summed E-state index contributed by atoms with van der Waals surface area (Å²) in [5, 5.41) is 11.7. The minimum absolute atomic E-state index is 0.110. The second-order valence-electron chi connectivity index (χ2n) is 6.09. The number of hydrogen-bond acceptors (Lipinski definition) is 4. The number of carboxylic acids is 1. The van der Waals surface area contributed by atoms with E-state index in [0.717, 1.165) is 19.3 Å². The van der Waals surface area contributed by atoms with Crippen molar-refractivity contribution in [2.45, 2.75) is 19.3 Å². The standard InChI is InChI=1S/C19H19N3O4/c23-17(13-8-9-20-16(12-13)19(25)26)21-15-7-3-2-6-14(15)18(24)22-10-4-1-5-11-22/h2-3,6-9,12H,1,4-5,10-11H2,(H,21,23)(H,25,26). The zero-order chi connectivity index (χ0) is 18.5. The number of carboxylic acid groups (broad SMARTS) is 1. The van der Waals surface area contributed by atoms with Crippen molar-refractivity contribution in [1.82, 2.24) is 9.88 Å². The lowest BCUT2D eigenvalue weighted by Crippen LogP contribution is -2.36. The Morgan fingerprint density at radius 2 is 1.77 bits per heavy atom. The number of para-hydroxylation sites is 1. The van der Waals surface area contributed by atoms with E-state index < -0.39 is 11.9 Å². The second-order valence-corrected chi connectivity index (χ2v) is 6.09. The second kappa shape index (κ2) is 7.77. The van der Waals surface area contributed by atoms with Crippen LogP contribution in [0.2, 0.25) is 0 Å². The Labute approximate surface area is 150 Å². The number of benzene rings is 1. The zero-order valence-corrected chi connectivity index (χ0v) is 14.1. The van der Waals surface area contributed by atoms with Crippen LogP contribution >= 0.6 is 0 Å². The van der Waals surface area contributed by atoms with Crippen molar-refractivity contribution in [2.75, 3.05) is 18.4 Å². The molecule has 0 unspecified atom stereocenters. The van der Waals surface area contributed by atoms with E-state index in [2.05, 4.69) is 10.3 Å². The molecule has 3 rings (SSSR count). The SMILES string of the molecule is O=C(Nc1ccccc1C(=O)N1CCCCC1)c1ccnc(C(=O)O)c1. The maximum absolute atomic E-state index is 12.8. The number of rotatable bonds is 4. The molecule has 1 aliphatic rings. The van der Waals surface area contributed by atoms with E-state index in [1.54, 1.807) is 29.2 Å². The van der Waals surface area contributed by atoms with Crippen molar-refractivity contribution in [3.8, 4) is 0 Å². The summed E-state index contributed by atoms with van der Waals surface area (Å²) in [6, 6.07) is 9.46. The Morgan fingerprint density at radius 3 is 2.50 bits per heavy atom. The summed E-state index contributed by atoms with van der Waals surface area (Å²) in [7, 11) is 0. The van der Waals surface area contributed by atoms with Gasteiger partial charge in [-0.25, -0.2) is 9.78 Å².